The highest BCUT2D eigenvalue weighted by Gasteiger charge is 2.24. The molecule has 1 rings (SSSR count). The van der Waals surface area contributed by atoms with E-state index >= 15 is 0 Å². The van der Waals surface area contributed by atoms with Crippen LogP contribution < -0.4 is 5.32 Å². The SMILES string of the molecule is CCN(C(=O)CSCC(=O)Nc1ccccc1)C(C)(C)C. The molecule has 5 heteroatoms. The van der Waals surface area contributed by atoms with Gasteiger partial charge in [-0.2, -0.15) is 0 Å². The first-order valence-electron chi connectivity index (χ1n) is 7.07. The average Bonchev–Trinajstić information content (AvgIpc) is 2.38. The molecule has 21 heavy (non-hydrogen) atoms. The Balaban J connectivity index is 2.36. The van der Waals surface area contributed by atoms with Crippen LogP contribution in [-0.4, -0.2) is 40.3 Å². The molecule has 0 atom stereocenters. The third-order valence-corrected chi connectivity index (χ3v) is 3.86. The smallest absolute Gasteiger partial charge is 0.234 e. The highest BCUT2D eigenvalue weighted by atomic mass is 32.2. The number of anilines is 1. The van der Waals surface area contributed by atoms with E-state index in [9.17, 15) is 9.59 Å². The van der Waals surface area contributed by atoms with Crippen LogP contribution in [0.15, 0.2) is 30.3 Å². The van der Waals surface area contributed by atoms with Crippen molar-refractivity contribution >= 4 is 29.3 Å². The number of amides is 2. The Morgan fingerprint density at radius 2 is 1.76 bits per heavy atom. The van der Waals surface area contributed by atoms with Crippen molar-refractivity contribution in [1.82, 2.24) is 4.90 Å². The molecule has 4 nitrogen and oxygen atoms in total. The van der Waals surface area contributed by atoms with Gasteiger partial charge in [0.15, 0.2) is 0 Å². The summed E-state index contributed by atoms with van der Waals surface area (Å²) in [6.45, 7) is 8.69. The van der Waals surface area contributed by atoms with E-state index < -0.39 is 0 Å². The Kier molecular flexibility index (Phi) is 6.75. The van der Waals surface area contributed by atoms with Crippen molar-refractivity contribution in [2.24, 2.45) is 0 Å². The van der Waals surface area contributed by atoms with Gasteiger partial charge in [0.1, 0.15) is 0 Å². The number of benzene rings is 1. The van der Waals surface area contributed by atoms with Crippen molar-refractivity contribution in [1.29, 1.82) is 0 Å². The van der Waals surface area contributed by atoms with Gasteiger partial charge in [0.25, 0.3) is 0 Å². The van der Waals surface area contributed by atoms with Gasteiger partial charge in [0.2, 0.25) is 11.8 Å². The van der Waals surface area contributed by atoms with Crippen LogP contribution in [0.25, 0.3) is 0 Å². The third-order valence-electron chi connectivity index (χ3n) is 2.94. The van der Waals surface area contributed by atoms with Crippen molar-refractivity contribution in [2.45, 2.75) is 33.2 Å². The Bertz CT molecular complexity index is 469. The molecule has 0 spiro atoms. The number of nitrogens with one attached hydrogen (secondary N) is 1. The Morgan fingerprint density at radius 3 is 2.29 bits per heavy atom. The van der Waals surface area contributed by atoms with E-state index in [1.54, 1.807) is 0 Å². The fourth-order valence-electron chi connectivity index (χ4n) is 2.05. The number of carbonyl (C=O) groups is 2. The number of rotatable bonds is 6. The van der Waals surface area contributed by atoms with E-state index in [0.29, 0.717) is 12.3 Å². The van der Waals surface area contributed by atoms with Crippen LogP contribution in [0, 0.1) is 0 Å². The minimum absolute atomic E-state index is 0.0718. The third kappa shape index (κ3) is 6.21. The fourth-order valence-corrected chi connectivity index (χ4v) is 2.74. The number of thioether (sulfide) groups is 1. The number of carbonyl (C=O) groups excluding carboxylic acids is 2. The lowest BCUT2D eigenvalue weighted by molar-refractivity contribution is -0.132. The predicted octanol–water partition coefficient (Wildman–Crippen LogP) is 3.01. The van der Waals surface area contributed by atoms with Crippen molar-refractivity contribution in [3.63, 3.8) is 0 Å². The van der Waals surface area contributed by atoms with Crippen LogP contribution in [0.2, 0.25) is 0 Å². The molecule has 0 saturated carbocycles. The zero-order chi connectivity index (χ0) is 15.9. The average molecular weight is 308 g/mol. The zero-order valence-electron chi connectivity index (χ0n) is 13.2. The molecule has 2 amide bonds. The second kappa shape index (κ2) is 8.08. The van der Waals surface area contributed by atoms with Gasteiger partial charge >= 0.3 is 0 Å². The maximum atomic E-state index is 12.1. The number of hydrogen-bond acceptors (Lipinski definition) is 3. The van der Waals surface area contributed by atoms with E-state index in [1.807, 2.05) is 62.9 Å². The van der Waals surface area contributed by atoms with Gasteiger partial charge in [0.05, 0.1) is 11.5 Å². The molecule has 0 unspecified atom stereocenters. The summed E-state index contributed by atoms with van der Waals surface area (Å²) < 4.78 is 0. The minimum Gasteiger partial charge on any atom is -0.337 e. The molecule has 0 aliphatic rings. The van der Waals surface area contributed by atoms with Crippen molar-refractivity contribution < 1.29 is 9.59 Å². The van der Waals surface area contributed by atoms with Gasteiger partial charge < -0.3 is 10.2 Å². The molecule has 1 N–H and O–H groups in total. The molecule has 0 radical (unpaired) electrons. The molecule has 0 saturated heterocycles. The van der Waals surface area contributed by atoms with Gasteiger partial charge in [-0.15, -0.1) is 11.8 Å². The Morgan fingerprint density at radius 1 is 1.14 bits per heavy atom. The molecule has 0 aliphatic heterocycles. The molecule has 1 aromatic carbocycles. The first-order valence-corrected chi connectivity index (χ1v) is 8.23. The van der Waals surface area contributed by atoms with Crippen LogP contribution in [0.4, 0.5) is 5.69 Å². The minimum atomic E-state index is -0.182. The maximum Gasteiger partial charge on any atom is 0.234 e. The summed E-state index contributed by atoms with van der Waals surface area (Å²) in [7, 11) is 0. The second-order valence-corrected chi connectivity index (χ2v) is 6.70. The molecule has 0 aromatic heterocycles. The topological polar surface area (TPSA) is 49.4 Å². The lowest BCUT2D eigenvalue weighted by atomic mass is 10.1. The summed E-state index contributed by atoms with van der Waals surface area (Å²) in [5.41, 5.74) is 0.595. The van der Waals surface area contributed by atoms with Gasteiger partial charge in [-0.1, -0.05) is 18.2 Å². The Hall–Kier alpha value is -1.49. The van der Waals surface area contributed by atoms with Crippen molar-refractivity contribution in [2.75, 3.05) is 23.4 Å². The molecular weight excluding hydrogens is 284 g/mol. The molecule has 0 fully saturated rings. The highest BCUT2D eigenvalue weighted by Crippen LogP contribution is 2.15. The van der Waals surface area contributed by atoms with Crippen LogP contribution in [0.5, 0.6) is 0 Å². The zero-order valence-corrected chi connectivity index (χ0v) is 14.0. The molecule has 0 aliphatic carbocycles. The number of nitrogens with zero attached hydrogens (tertiary/aromatic N) is 1. The summed E-state index contributed by atoms with van der Waals surface area (Å²) in [6.07, 6.45) is 0. The quantitative estimate of drug-likeness (QED) is 0.879. The summed E-state index contributed by atoms with van der Waals surface area (Å²) >= 11 is 1.35. The fraction of sp³-hybridized carbons (Fsp3) is 0.500. The second-order valence-electron chi connectivity index (χ2n) is 5.72. The molecular formula is C16H24N2O2S. The van der Waals surface area contributed by atoms with Crippen molar-refractivity contribution in [3.05, 3.63) is 30.3 Å². The maximum absolute atomic E-state index is 12.1. The highest BCUT2D eigenvalue weighted by molar-refractivity contribution is 8.00. The summed E-state index contributed by atoms with van der Waals surface area (Å²) in [6, 6.07) is 9.32. The van der Waals surface area contributed by atoms with E-state index in [1.165, 1.54) is 11.8 Å². The standard InChI is InChI=1S/C16H24N2O2S/c1-5-18(16(2,3)4)15(20)12-21-11-14(19)17-13-9-7-6-8-10-13/h6-10H,5,11-12H2,1-4H3,(H,17,19). The molecule has 0 heterocycles. The van der Waals surface area contributed by atoms with Crippen LogP contribution >= 0.6 is 11.8 Å². The first kappa shape index (κ1) is 17.6. The number of hydrogen-bond donors (Lipinski definition) is 1. The monoisotopic (exact) mass is 308 g/mol. The van der Waals surface area contributed by atoms with E-state index in [0.717, 1.165) is 5.69 Å². The number of para-hydroxylation sites is 1. The van der Waals surface area contributed by atoms with Gasteiger partial charge in [-0.05, 0) is 39.8 Å². The lowest BCUT2D eigenvalue weighted by Gasteiger charge is -2.34. The molecule has 1 aromatic rings. The summed E-state index contributed by atoms with van der Waals surface area (Å²) in [4.78, 5) is 25.7. The Labute approximate surface area is 131 Å². The van der Waals surface area contributed by atoms with Crippen LogP contribution in [-0.2, 0) is 9.59 Å². The van der Waals surface area contributed by atoms with Crippen LogP contribution in [0.3, 0.4) is 0 Å². The van der Waals surface area contributed by atoms with Crippen LogP contribution in [0.1, 0.15) is 27.7 Å². The van der Waals surface area contributed by atoms with E-state index in [4.69, 9.17) is 0 Å². The summed E-state index contributed by atoms with van der Waals surface area (Å²) in [5.74, 6) is 0.593. The predicted molar refractivity (Wildman–Crippen MR) is 89.5 cm³/mol. The van der Waals surface area contributed by atoms with Gasteiger partial charge in [-0.3, -0.25) is 9.59 Å². The first-order chi connectivity index (χ1) is 9.84. The molecule has 116 valence electrons. The van der Waals surface area contributed by atoms with Gasteiger partial charge in [0, 0.05) is 17.8 Å². The largest absolute Gasteiger partial charge is 0.337 e. The van der Waals surface area contributed by atoms with E-state index in [2.05, 4.69) is 5.32 Å². The normalized spacial score (nSPS) is 11.0. The molecule has 0 bridgehead atoms. The lowest BCUT2D eigenvalue weighted by Crippen LogP contribution is -2.46. The van der Waals surface area contributed by atoms with Crippen molar-refractivity contribution in [3.8, 4) is 0 Å². The summed E-state index contributed by atoms with van der Waals surface area (Å²) in [5, 5.41) is 2.80. The van der Waals surface area contributed by atoms with Gasteiger partial charge in [-0.25, -0.2) is 0 Å². The van der Waals surface area contributed by atoms with E-state index in [-0.39, 0.29) is 23.1 Å².